The molecule has 1 heterocycles. The van der Waals surface area contributed by atoms with Crippen LogP contribution in [-0.2, 0) is 9.53 Å². The summed E-state index contributed by atoms with van der Waals surface area (Å²) in [5.41, 5.74) is 0. The Bertz CT molecular complexity index is 120. The fraction of sp³-hybridized carbons (Fsp3) is 0.857. The molecule has 0 spiro atoms. The molecule has 10 heavy (non-hydrogen) atoms. The van der Waals surface area contributed by atoms with Gasteiger partial charge in [0.1, 0.15) is 5.78 Å². The quantitative estimate of drug-likeness (QED) is 0.598. The third-order valence-corrected chi connectivity index (χ3v) is 1.64. The van der Waals surface area contributed by atoms with Gasteiger partial charge in [-0.2, -0.15) is 0 Å². The summed E-state index contributed by atoms with van der Waals surface area (Å²) < 4.78 is 5.21. The summed E-state index contributed by atoms with van der Waals surface area (Å²) in [6.07, 6.45) is 1.60. The minimum absolute atomic E-state index is 0.0220. The van der Waals surface area contributed by atoms with Crippen molar-refractivity contribution in [3.05, 3.63) is 0 Å². The summed E-state index contributed by atoms with van der Waals surface area (Å²) in [6.45, 7) is 0.640. The molecule has 1 rings (SSSR count). The molecule has 1 unspecified atom stereocenters. The molecule has 0 aromatic rings. The monoisotopic (exact) mass is 144 g/mol. The Morgan fingerprint density at radius 3 is 3.10 bits per heavy atom. The summed E-state index contributed by atoms with van der Waals surface area (Å²) >= 11 is 0. The molecule has 0 bridgehead atoms. The molecule has 1 N–H and O–H groups in total. The Morgan fingerprint density at radius 1 is 1.70 bits per heavy atom. The van der Waals surface area contributed by atoms with E-state index in [1.165, 1.54) is 0 Å². The van der Waals surface area contributed by atoms with Gasteiger partial charge in [0.05, 0.1) is 12.7 Å². The molecule has 3 nitrogen and oxygen atoms in total. The molecule has 1 aliphatic heterocycles. The van der Waals surface area contributed by atoms with Crippen LogP contribution in [0.4, 0.5) is 0 Å². The highest BCUT2D eigenvalue weighted by atomic mass is 16.5. The van der Waals surface area contributed by atoms with E-state index in [1.807, 2.05) is 0 Å². The van der Waals surface area contributed by atoms with Crippen LogP contribution in [0, 0.1) is 0 Å². The van der Waals surface area contributed by atoms with Gasteiger partial charge in [0.2, 0.25) is 0 Å². The van der Waals surface area contributed by atoms with Gasteiger partial charge in [-0.15, -0.1) is 0 Å². The first-order valence-corrected chi connectivity index (χ1v) is 3.57. The largest absolute Gasteiger partial charge is 0.396 e. The maximum atomic E-state index is 10.8. The second-order valence-corrected chi connectivity index (χ2v) is 2.50. The number of Topliss-reactive ketones (excluding diaryl/α,β-unsaturated/α-hetero) is 1. The summed E-state index contributed by atoms with van der Waals surface area (Å²) in [4.78, 5) is 10.8. The van der Waals surface area contributed by atoms with Crippen molar-refractivity contribution in [3.8, 4) is 0 Å². The van der Waals surface area contributed by atoms with Gasteiger partial charge in [-0.1, -0.05) is 0 Å². The minimum atomic E-state index is -0.0220. The lowest BCUT2D eigenvalue weighted by Crippen LogP contribution is -2.26. The van der Waals surface area contributed by atoms with E-state index in [2.05, 4.69) is 0 Å². The van der Waals surface area contributed by atoms with Gasteiger partial charge in [-0.05, 0) is 6.42 Å². The third-order valence-electron chi connectivity index (χ3n) is 1.64. The van der Waals surface area contributed by atoms with Gasteiger partial charge in [0, 0.05) is 19.4 Å². The first-order chi connectivity index (χ1) is 4.83. The number of rotatable bonds is 2. The minimum Gasteiger partial charge on any atom is -0.396 e. The van der Waals surface area contributed by atoms with E-state index in [1.54, 1.807) is 0 Å². The highest BCUT2D eigenvalue weighted by Gasteiger charge is 2.18. The van der Waals surface area contributed by atoms with Gasteiger partial charge in [0.25, 0.3) is 0 Å². The zero-order valence-corrected chi connectivity index (χ0v) is 5.88. The van der Waals surface area contributed by atoms with E-state index >= 15 is 0 Å². The van der Waals surface area contributed by atoms with Crippen LogP contribution in [0.1, 0.15) is 19.3 Å². The van der Waals surface area contributed by atoms with Gasteiger partial charge in [0.15, 0.2) is 0 Å². The Labute approximate surface area is 60.0 Å². The van der Waals surface area contributed by atoms with E-state index < -0.39 is 0 Å². The maximum Gasteiger partial charge on any atom is 0.137 e. The van der Waals surface area contributed by atoms with Crippen molar-refractivity contribution < 1.29 is 14.6 Å². The van der Waals surface area contributed by atoms with Crippen LogP contribution >= 0.6 is 0 Å². The van der Waals surface area contributed by atoms with Crippen LogP contribution in [0.2, 0.25) is 0 Å². The van der Waals surface area contributed by atoms with Crippen molar-refractivity contribution in [1.82, 2.24) is 0 Å². The number of hydrogen-bond donors (Lipinski definition) is 1. The number of ketones is 1. The second-order valence-electron chi connectivity index (χ2n) is 2.50. The average Bonchev–Trinajstić information content (AvgIpc) is 1.88. The topological polar surface area (TPSA) is 46.5 Å². The number of carbonyl (C=O) groups is 1. The highest BCUT2D eigenvalue weighted by molar-refractivity contribution is 5.79. The van der Waals surface area contributed by atoms with Gasteiger partial charge < -0.3 is 9.84 Å². The zero-order chi connectivity index (χ0) is 7.40. The molecule has 0 amide bonds. The SMILES string of the molecule is O=C1CCOC(CCO)C1. The predicted octanol–water partition coefficient (Wildman–Crippen LogP) is 0.117. The Kier molecular flexibility index (Phi) is 2.83. The number of aliphatic hydroxyl groups excluding tert-OH is 1. The Balaban J connectivity index is 2.25. The molecule has 1 fully saturated rings. The lowest BCUT2D eigenvalue weighted by atomic mass is 10.1. The Morgan fingerprint density at radius 2 is 2.50 bits per heavy atom. The molecule has 3 heteroatoms. The smallest absolute Gasteiger partial charge is 0.137 e. The summed E-state index contributed by atoms with van der Waals surface area (Å²) in [5.74, 6) is 0.254. The van der Waals surface area contributed by atoms with Crippen molar-refractivity contribution in [2.45, 2.75) is 25.4 Å². The van der Waals surface area contributed by atoms with Crippen molar-refractivity contribution in [2.24, 2.45) is 0 Å². The molecule has 0 aromatic carbocycles. The molecule has 0 saturated carbocycles. The molecule has 1 saturated heterocycles. The van der Waals surface area contributed by atoms with Crippen LogP contribution in [0.25, 0.3) is 0 Å². The fourth-order valence-corrected chi connectivity index (χ4v) is 1.08. The second kappa shape index (κ2) is 3.68. The number of ether oxygens (including phenoxy) is 1. The molecular formula is C7H12O3. The number of aliphatic hydroxyl groups is 1. The molecule has 0 aliphatic carbocycles. The standard InChI is InChI=1S/C7H12O3/c8-3-1-7-5-6(9)2-4-10-7/h7-8H,1-5H2. The van der Waals surface area contributed by atoms with E-state index in [4.69, 9.17) is 9.84 Å². The van der Waals surface area contributed by atoms with Crippen LogP contribution < -0.4 is 0 Å². The van der Waals surface area contributed by atoms with Gasteiger partial charge in [-0.25, -0.2) is 0 Å². The number of carbonyl (C=O) groups excluding carboxylic acids is 1. The summed E-state index contributed by atoms with van der Waals surface area (Å²) in [6, 6.07) is 0. The number of hydrogen-bond acceptors (Lipinski definition) is 3. The van der Waals surface area contributed by atoms with Gasteiger partial charge in [-0.3, -0.25) is 4.79 Å². The van der Waals surface area contributed by atoms with Crippen molar-refractivity contribution >= 4 is 5.78 Å². The summed E-state index contributed by atoms with van der Waals surface area (Å²) in [5, 5.41) is 8.51. The predicted molar refractivity (Wildman–Crippen MR) is 35.7 cm³/mol. The fourth-order valence-electron chi connectivity index (χ4n) is 1.08. The normalized spacial score (nSPS) is 26.9. The van der Waals surface area contributed by atoms with Crippen LogP contribution in [-0.4, -0.2) is 30.2 Å². The van der Waals surface area contributed by atoms with E-state index in [9.17, 15) is 4.79 Å². The van der Waals surface area contributed by atoms with Crippen molar-refractivity contribution in [1.29, 1.82) is 0 Å². The van der Waals surface area contributed by atoms with E-state index in [0.29, 0.717) is 25.9 Å². The highest BCUT2D eigenvalue weighted by Crippen LogP contribution is 2.11. The lowest BCUT2D eigenvalue weighted by Gasteiger charge is -2.20. The van der Waals surface area contributed by atoms with Crippen molar-refractivity contribution in [2.75, 3.05) is 13.2 Å². The summed E-state index contributed by atoms with van der Waals surface area (Å²) in [7, 11) is 0. The molecule has 1 atom stereocenters. The molecular weight excluding hydrogens is 132 g/mol. The molecule has 0 aromatic heterocycles. The van der Waals surface area contributed by atoms with Gasteiger partial charge >= 0.3 is 0 Å². The molecule has 0 radical (unpaired) electrons. The van der Waals surface area contributed by atoms with Crippen LogP contribution in [0.15, 0.2) is 0 Å². The lowest BCUT2D eigenvalue weighted by molar-refractivity contribution is -0.128. The first kappa shape index (κ1) is 7.69. The molecule has 1 aliphatic rings. The maximum absolute atomic E-state index is 10.8. The van der Waals surface area contributed by atoms with Crippen molar-refractivity contribution in [3.63, 3.8) is 0 Å². The third kappa shape index (κ3) is 2.08. The molecule has 58 valence electrons. The van der Waals surface area contributed by atoms with E-state index in [0.717, 1.165) is 0 Å². The average molecular weight is 144 g/mol. The first-order valence-electron chi connectivity index (χ1n) is 3.57. The van der Waals surface area contributed by atoms with Crippen LogP contribution in [0.5, 0.6) is 0 Å². The van der Waals surface area contributed by atoms with E-state index in [-0.39, 0.29) is 18.5 Å². The zero-order valence-electron chi connectivity index (χ0n) is 5.88. The van der Waals surface area contributed by atoms with Crippen LogP contribution in [0.3, 0.4) is 0 Å². The Hall–Kier alpha value is -0.410.